The van der Waals surface area contributed by atoms with Crippen LogP contribution in [-0.4, -0.2) is 34.8 Å². The molecule has 1 atom stereocenters. The molecule has 0 aromatic heterocycles. The van der Waals surface area contributed by atoms with Crippen LogP contribution < -0.4 is 5.32 Å². The van der Waals surface area contributed by atoms with Crippen LogP contribution in [0.1, 0.15) is 35.6 Å². The van der Waals surface area contributed by atoms with E-state index < -0.39 is 35.5 Å². The van der Waals surface area contributed by atoms with Crippen molar-refractivity contribution in [3.05, 3.63) is 126 Å². The Labute approximate surface area is 241 Å². The molecule has 1 aliphatic rings. The van der Waals surface area contributed by atoms with E-state index in [9.17, 15) is 27.2 Å². The van der Waals surface area contributed by atoms with Crippen LogP contribution in [0, 0.1) is 5.82 Å². The van der Waals surface area contributed by atoms with Crippen LogP contribution in [0.5, 0.6) is 0 Å². The van der Waals surface area contributed by atoms with E-state index in [0.717, 1.165) is 17.2 Å². The Morgan fingerprint density at radius 2 is 1.52 bits per heavy atom. The number of nitrogens with zero attached hydrogens (tertiary/aromatic N) is 2. The molecule has 1 unspecified atom stereocenters. The minimum Gasteiger partial charge on any atom is -0.330 e. The van der Waals surface area contributed by atoms with E-state index in [2.05, 4.69) is 5.32 Å². The second-order valence-electron chi connectivity index (χ2n) is 10.2. The minimum absolute atomic E-state index is 0.00449. The Bertz CT molecular complexity index is 1540. The average Bonchev–Trinajstić information content (AvgIpc) is 2.98. The third-order valence-electron chi connectivity index (χ3n) is 7.36. The molecule has 4 aromatic rings. The van der Waals surface area contributed by atoms with Gasteiger partial charge in [0.05, 0.1) is 17.3 Å². The lowest BCUT2D eigenvalue weighted by Gasteiger charge is -2.38. The van der Waals surface area contributed by atoms with Gasteiger partial charge >= 0.3 is 12.2 Å². The molecule has 0 saturated carbocycles. The van der Waals surface area contributed by atoms with E-state index in [1.165, 1.54) is 52.3 Å². The molecule has 0 bridgehead atoms. The molecule has 0 radical (unpaired) electrons. The lowest BCUT2D eigenvalue weighted by Crippen LogP contribution is -2.48. The summed E-state index contributed by atoms with van der Waals surface area (Å²) in [5, 5.41) is 2.92. The predicted molar refractivity (Wildman–Crippen MR) is 153 cm³/mol. The van der Waals surface area contributed by atoms with E-state index in [1.807, 2.05) is 42.5 Å². The van der Waals surface area contributed by atoms with Crippen molar-refractivity contribution in [3.63, 3.8) is 0 Å². The molecule has 1 N–H and O–H groups in total. The van der Waals surface area contributed by atoms with Crippen molar-refractivity contribution in [2.24, 2.45) is 0 Å². The molecule has 1 saturated heterocycles. The zero-order valence-corrected chi connectivity index (χ0v) is 22.7. The van der Waals surface area contributed by atoms with Gasteiger partial charge in [0.2, 0.25) is 5.91 Å². The summed E-state index contributed by atoms with van der Waals surface area (Å²) in [5.74, 6) is -0.970. The fourth-order valence-corrected chi connectivity index (χ4v) is 5.32. The average molecular weight is 576 g/mol. The van der Waals surface area contributed by atoms with Gasteiger partial charge in [0, 0.05) is 18.7 Å². The molecule has 1 fully saturated rings. The van der Waals surface area contributed by atoms with Gasteiger partial charge in [-0.25, -0.2) is 9.18 Å². The van der Waals surface area contributed by atoms with Crippen LogP contribution in [-0.2, 0) is 17.5 Å². The molecular weight excluding hydrogens is 546 g/mol. The largest absolute Gasteiger partial charge is 0.416 e. The van der Waals surface area contributed by atoms with E-state index in [-0.39, 0.29) is 31.6 Å². The van der Waals surface area contributed by atoms with Crippen molar-refractivity contribution < 1.29 is 27.2 Å². The Balaban J connectivity index is 1.43. The summed E-state index contributed by atoms with van der Waals surface area (Å²) in [4.78, 5) is 30.0. The topological polar surface area (TPSA) is 52.7 Å². The number of hydrogen-bond acceptors (Lipinski definition) is 2. The number of nitrogens with one attached hydrogen (secondary N) is 1. The predicted octanol–water partition coefficient (Wildman–Crippen LogP) is 7.91. The van der Waals surface area contributed by atoms with E-state index >= 15 is 0 Å². The zero-order valence-electron chi connectivity index (χ0n) is 22.7. The standard InChI is InChI=1S/C33H29F4N3O2/c34-25-18-16-23(17-19-25)21-40-30(27-12-4-6-13-28(27)33(35,36)37)15-8-20-39(22-31(40)41)32(42)38-29-14-7-5-11-26(29)24-9-2-1-3-10-24/h1-7,9-14,16-19,30H,8,15,20-22H2,(H,38,42). The van der Waals surface area contributed by atoms with Crippen molar-refractivity contribution in [1.82, 2.24) is 9.80 Å². The summed E-state index contributed by atoms with van der Waals surface area (Å²) < 4.78 is 55.6. The van der Waals surface area contributed by atoms with Gasteiger partial charge in [-0.05, 0) is 53.8 Å². The van der Waals surface area contributed by atoms with Gasteiger partial charge < -0.3 is 15.1 Å². The van der Waals surface area contributed by atoms with Gasteiger partial charge in [-0.15, -0.1) is 0 Å². The second-order valence-corrected chi connectivity index (χ2v) is 10.2. The van der Waals surface area contributed by atoms with Gasteiger partial charge in [0.1, 0.15) is 12.4 Å². The zero-order chi connectivity index (χ0) is 29.7. The van der Waals surface area contributed by atoms with E-state index in [1.54, 1.807) is 12.1 Å². The van der Waals surface area contributed by atoms with Gasteiger partial charge in [0.25, 0.3) is 0 Å². The van der Waals surface area contributed by atoms with Crippen molar-refractivity contribution >= 4 is 17.6 Å². The maximum atomic E-state index is 14.0. The van der Waals surface area contributed by atoms with Crippen LogP contribution in [0.3, 0.4) is 0 Å². The molecule has 216 valence electrons. The lowest BCUT2D eigenvalue weighted by molar-refractivity contribution is -0.142. The van der Waals surface area contributed by atoms with Crippen molar-refractivity contribution in [2.45, 2.75) is 31.6 Å². The number of urea groups is 1. The lowest BCUT2D eigenvalue weighted by atomic mass is 9.93. The van der Waals surface area contributed by atoms with Gasteiger partial charge in [-0.3, -0.25) is 4.79 Å². The minimum atomic E-state index is -4.61. The molecule has 9 heteroatoms. The molecule has 4 aromatic carbocycles. The number of benzene rings is 4. The normalized spacial score (nSPS) is 16.1. The first-order chi connectivity index (χ1) is 20.2. The highest BCUT2D eigenvalue weighted by atomic mass is 19.4. The Morgan fingerprint density at radius 1 is 0.857 bits per heavy atom. The Morgan fingerprint density at radius 3 is 2.26 bits per heavy atom. The maximum Gasteiger partial charge on any atom is 0.416 e. The van der Waals surface area contributed by atoms with Gasteiger partial charge in [0.15, 0.2) is 0 Å². The number of anilines is 1. The first-order valence-electron chi connectivity index (χ1n) is 13.6. The monoisotopic (exact) mass is 575 g/mol. The smallest absolute Gasteiger partial charge is 0.330 e. The summed E-state index contributed by atoms with van der Waals surface area (Å²) in [6.45, 7) is -0.187. The van der Waals surface area contributed by atoms with Crippen molar-refractivity contribution in [3.8, 4) is 11.1 Å². The van der Waals surface area contributed by atoms with E-state index in [4.69, 9.17) is 0 Å². The highest BCUT2D eigenvalue weighted by molar-refractivity contribution is 5.96. The number of amides is 3. The van der Waals surface area contributed by atoms with Crippen molar-refractivity contribution in [1.29, 1.82) is 0 Å². The molecule has 0 aliphatic carbocycles. The highest BCUT2D eigenvalue weighted by Crippen LogP contribution is 2.39. The fraction of sp³-hybridized carbons (Fsp3) is 0.212. The Kier molecular flexibility index (Phi) is 8.56. The quantitative estimate of drug-likeness (QED) is 0.246. The van der Waals surface area contributed by atoms with Crippen LogP contribution in [0.25, 0.3) is 11.1 Å². The summed E-state index contributed by atoms with van der Waals surface area (Å²) in [6, 6.07) is 26.2. The number of para-hydroxylation sites is 1. The molecule has 1 aliphatic heterocycles. The van der Waals surface area contributed by atoms with Crippen LogP contribution in [0.2, 0.25) is 0 Å². The SMILES string of the molecule is O=C(Nc1ccccc1-c1ccccc1)N1CCCC(c2ccccc2C(F)(F)F)N(Cc2ccc(F)cc2)C(=O)C1. The van der Waals surface area contributed by atoms with E-state index in [0.29, 0.717) is 17.7 Å². The summed E-state index contributed by atoms with van der Waals surface area (Å²) >= 11 is 0. The number of alkyl halides is 3. The van der Waals surface area contributed by atoms with Crippen LogP contribution in [0.4, 0.5) is 28.0 Å². The van der Waals surface area contributed by atoms with Gasteiger partial charge in [-0.2, -0.15) is 13.2 Å². The molecule has 0 spiro atoms. The van der Waals surface area contributed by atoms with Crippen LogP contribution >= 0.6 is 0 Å². The molecule has 1 heterocycles. The summed E-state index contributed by atoms with van der Waals surface area (Å²) in [7, 11) is 0. The Hall–Kier alpha value is -4.66. The third kappa shape index (κ3) is 6.62. The van der Waals surface area contributed by atoms with Gasteiger partial charge in [-0.1, -0.05) is 78.9 Å². The summed E-state index contributed by atoms with van der Waals surface area (Å²) in [6.07, 6.45) is -4.05. The molecule has 5 rings (SSSR count). The molecular formula is C33H29F4N3O2. The number of rotatable bonds is 5. The highest BCUT2D eigenvalue weighted by Gasteiger charge is 2.38. The second kappa shape index (κ2) is 12.5. The maximum absolute atomic E-state index is 14.0. The molecule has 42 heavy (non-hydrogen) atoms. The number of hydrogen-bond donors (Lipinski definition) is 1. The fourth-order valence-electron chi connectivity index (χ4n) is 5.32. The number of carbonyl (C=O) groups is 2. The third-order valence-corrected chi connectivity index (χ3v) is 7.36. The first-order valence-corrected chi connectivity index (χ1v) is 13.6. The van der Waals surface area contributed by atoms with Crippen molar-refractivity contribution in [2.75, 3.05) is 18.4 Å². The molecule has 3 amide bonds. The first kappa shape index (κ1) is 28.9. The number of halogens is 4. The molecule has 5 nitrogen and oxygen atoms in total. The number of carbonyl (C=O) groups excluding carboxylic acids is 2. The summed E-state index contributed by atoms with van der Waals surface area (Å²) in [5.41, 5.74) is 2.05. The van der Waals surface area contributed by atoms with Crippen LogP contribution in [0.15, 0.2) is 103 Å².